The van der Waals surface area contributed by atoms with Crippen molar-refractivity contribution in [2.45, 2.75) is 117 Å². The average molecular weight is 371 g/mol. The Hall–Kier alpha value is 0.480. The van der Waals surface area contributed by atoms with Gasteiger partial charge in [0.05, 0.1) is 0 Å². The summed E-state index contributed by atoms with van der Waals surface area (Å²) >= 11 is 0. The zero-order chi connectivity index (χ0) is 17.3. The molecule has 0 bridgehead atoms. The van der Waals surface area contributed by atoms with Crippen molar-refractivity contribution in [3.63, 3.8) is 0 Å². The van der Waals surface area contributed by atoms with Gasteiger partial charge in [-0.05, 0) is 36.8 Å². The molecule has 1 rings (SSSR count). The van der Waals surface area contributed by atoms with Gasteiger partial charge in [-0.3, -0.25) is 0 Å². The number of unbranched alkanes of at least 4 members (excludes halogenated alkanes) is 12. The molecule has 2 radical (unpaired) electrons. The molecular formula is C24H42Ca. The normalized spacial score (nSPS) is 10.6. The minimum atomic E-state index is 0. The van der Waals surface area contributed by atoms with Crippen LogP contribution in [0.4, 0.5) is 0 Å². The number of hydrogen-bond donors (Lipinski definition) is 0. The first-order valence-electron chi connectivity index (χ1n) is 10.9. The summed E-state index contributed by atoms with van der Waals surface area (Å²) in [6.07, 6.45) is 22.3. The molecule has 0 N–H and O–H groups in total. The maximum Gasteiger partial charge on any atom is 0 e. The van der Waals surface area contributed by atoms with Gasteiger partial charge in [0.2, 0.25) is 0 Å². The quantitative estimate of drug-likeness (QED) is 0.205. The Morgan fingerprint density at radius 2 is 0.800 bits per heavy atom. The van der Waals surface area contributed by atoms with E-state index in [0.29, 0.717) is 0 Å². The molecule has 0 atom stereocenters. The molecule has 25 heavy (non-hydrogen) atoms. The molecule has 140 valence electrons. The molecule has 0 aliphatic rings. The molecule has 0 fully saturated rings. The van der Waals surface area contributed by atoms with Gasteiger partial charge in [0.25, 0.3) is 0 Å². The van der Waals surface area contributed by atoms with E-state index in [0.717, 1.165) is 0 Å². The minimum Gasteiger partial charge on any atom is -0.0654 e. The van der Waals surface area contributed by atoms with Gasteiger partial charge >= 0.3 is 0 Å². The molecule has 0 aliphatic carbocycles. The molecular weight excluding hydrogens is 328 g/mol. The zero-order valence-electron chi connectivity index (χ0n) is 17.3. The third kappa shape index (κ3) is 14.2. The van der Waals surface area contributed by atoms with E-state index in [4.69, 9.17) is 0 Å². The van der Waals surface area contributed by atoms with Crippen molar-refractivity contribution in [1.82, 2.24) is 0 Å². The van der Waals surface area contributed by atoms with Crippen molar-refractivity contribution in [2.24, 2.45) is 0 Å². The first kappa shape index (κ1) is 25.5. The van der Waals surface area contributed by atoms with E-state index in [2.05, 4.69) is 38.1 Å². The molecule has 1 aromatic rings. The molecule has 0 nitrogen and oxygen atoms in total. The van der Waals surface area contributed by atoms with Crippen LogP contribution in [-0.4, -0.2) is 37.7 Å². The second-order valence-electron chi connectivity index (χ2n) is 7.51. The van der Waals surface area contributed by atoms with E-state index >= 15 is 0 Å². The fourth-order valence-corrected chi connectivity index (χ4v) is 3.59. The molecule has 1 aromatic carbocycles. The Kier molecular flexibility index (Phi) is 19.6. The summed E-state index contributed by atoms with van der Waals surface area (Å²) in [5, 5.41) is 0. The van der Waals surface area contributed by atoms with Crippen LogP contribution in [-0.2, 0) is 12.8 Å². The topological polar surface area (TPSA) is 0 Å². The largest absolute Gasteiger partial charge is 0.0654 e. The molecule has 0 saturated heterocycles. The van der Waals surface area contributed by atoms with Crippen LogP contribution in [0, 0.1) is 0 Å². The SMILES string of the molecule is CCCCCCCCCc1ccccc1CCCCCCCCC.[Ca]. The van der Waals surface area contributed by atoms with Crippen molar-refractivity contribution >= 4 is 37.7 Å². The minimum absolute atomic E-state index is 0. The summed E-state index contributed by atoms with van der Waals surface area (Å²) in [6, 6.07) is 9.19. The predicted molar refractivity (Wildman–Crippen MR) is 116 cm³/mol. The Labute approximate surface area is 188 Å². The number of hydrogen-bond acceptors (Lipinski definition) is 0. The van der Waals surface area contributed by atoms with Crippen molar-refractivity contribution < 1.29 is 0 Å². The van der Waals surface area contributed by atoms with Crippen LogP contribution in [0.3, 0.4) is 0 Å². The summed E-state index contributed by atoms with van der Waals surface area (Å²) < 4.78 is 0. The van der Waals surface area contributed by atoms with Crippen molar-refractivity contribution in [3.8, 4) is 0 Å². The van der Waals surface area contributed by atoms with Crippen molar-refractivity contribution in [2.75, 3.05) is 0 Å². The molecule has 0 aromatic heterocycles. The summed E-state index contributed by atoms with van der Waals surface area (Å²) in [7, 11) is 0. The third-order valence-electron chi connectivity index (χ3n) is 5.22. The molecule has 1 heteroatoms. The monoisotopic (exact) mass is 370 g/mol. The Morgan fingerprint density at radius 1 is 0.480 bits per heavy atom. The standard InChI is InChI=1S/C24H42.Ca/c1-3-5-7-9-11-13-15-19-23-21-17-18-22-24(23)20-16-14-12-10-8-6-4-2;/h17-18,21-22H,3-16,19-20H2,1-2H3;. The van der Waals surface area contributed by atoms with E-state index in [1.165, 1.54) is 103 Å². The van der Waals surface area contributed by atoms with E-state index < -0.39 is 0 Å². The maximum atomic E-state index is 2.37. The van der Waals surface area contributed by atoms with Gasteiger partial charge in [-0.15, -0.1) is 0 Å². The van der Waals surface area contributed by atoms with E-state index in [9.17, 15) is 0 Å². The van der Waals surface area contributed by atoms with E-state index in [1.54, 1.807) is 11.1 Å². The van der Waals surface area contributed by atoms with E-state index in [1.807, 2.05) is 0 Å². The van der Waals surface area contributed by atoms with Gasteiger partial charge in [-0.2, -0.15) is 0 Å². The summed E-state index contributed by atoms with van der Waals surface area (Å²) in [5.74, 6) is 0. The molecule has 0 spiro atoms. The maximum absolute atomic E-state index is 2.37. The first-order valence-corrected chi connectivity index (χ1v) is 10.9. The van der Waals surface area contributed by atoms with Crippen LogP contribution in [0.15, 0.2) is 24.3 Å². The van der Waals surface area contributed by atoms with Crippen LogP contribution in [0.5, 0.6) is 0 Å². The van der Waals surface area contributed by atoms with Gasteiger partial charge in [-0.25, -0.2) is 0 Å². The Balaban J connectivity index is 0.00000576. The molecule has 0 amide bonds. The summed E-state index contributed by atoms with van der Waals surface area (Å²) in [6.45, 7) is 4.59. The second kappa shape index (κ2) is 19.2. The van der Waals surface area contributed by atoms with Crippen molar-refractivity contribution in [3.05, 3.63) is 35.4 Å². The smallest absolute Gasteiger partial charge is 0 e. The van der Waals surface area contributed by atoms with Crippen molar-refractivity contribution in [1.29, 1.82) is 0 Å². The summed E-state index contributed by atoms with van der Waals surface area (Å²) in [4.78, 5) is 0. The summed E-state index contributed by atoms with van der Waals surface area (Å²) in [5.41, 5.74) is 3.24. The number of benzene rings is 1. The average Bonchev–Trinajstić information content (AvgIpc) is 2.61. The fourth-order valence-electron chi connectivity index (χ4n) is 3.59. The van der Waals surface area contributed by atoms with Crippen LogP contribution in [0.2, 0.25) is 0 Å². The number of rotatable bonds is 16. The molecule has 0 unspecified atom stereocenters. The van der Waals surface area contributed by atoms with Gasteiger partial charge in [0.15, 0.2) is 0 Å². The molecule has 0 heterocycles. The van der Waals surface area contributed by atoms with Crippen LogP contribution in [0.1, 0.15) is 115 Å². The Morgan fingerprint density at radius 3 is 1.16 bits per heavy atom. The van der Waals surface area contributed by atoms with Gasteiger partial charge < -0.3 is 0 Å². The first-order chi connectivity index (χ1) is 11.9. The predicted octanol–water partition coefficient (Wildman–Crippen LogP) is 7.89. The van der Waals surface area contributed by atoms with E-state index in [-0.39, 0.29) is 37.7 Å². The van der Waals surface area contributed by atoms with Gasteiger partial charge in [-0.1, -0.05) is 115 Å². The molecule has 0 aliphatic heterocycles. The molecule has 0 saturated carbocycles. The van der Waals surface area contributed by atoms with Gasteiger partial charge in [0.1, 0.15) is 0 Å². The zero-order valence-corrected chi connectivity index (χ0v) is 19.5. The van der Waals surface area contributed by atoms with Crippen LogP contribution < -0.4 is 0 Å². The second-order valence-corrected chi connectivity index (χ2v) is 7.51. The number of aryl methyl sites for hydroxylation is 2. The van der Waals surface area contributed by atoms with Gasteiger partial charge in [0, 0.05) is 37.7 Å². The Bertz CT molecular complexity index is 348. The fraction of sp³-hybridized carbons (Fsp3) is 0.750. The van der Waals surface area contributed by atoms with Crippen LogP contribution in [0.25, 0.3) is 0 Å². The third-order valence-corrected chi connectivity index (χ3v) is 5.22. The van der Waals surface area contributed by atoms with Crippen LogP contribution >= 0.6 is 0 Å².